The molecule has 0 fully saturated rings. The molecule has 0 aliphatic rings. The highest BCUT2D eigenvalue weighted by atomic mass is 16.3. The van der Waals surface area contributed by atoms with Crippen molar-refractivity contribution in [3.05, 3.63) is 122 Å². The van der Waals surface area contributed by atoms with E-state index in [9.17, 15) is 0 Å². The molecule has 5 heteroatoms. The first kappa shape index (κ1) is 21.4. The lowest BCUT2D eigenvalue weighted by Gasteiger charge is -2.10. The van der Waals surface area contributed by atoms with Crippen molar-refractivity contribution in [3.8, 4) is 17.2 Å². The summed E-state index contributed by atoms with van der Waals surface area (Å²) in [6.45, 7) is 0. The van der Waals surface area contributed by atoms with Gasteiger partial charge in [-0.1, -0.05) is 78.9 Å². The Hall–Kier alpha value is -5.55. The van der Waals surface area contributed by atoms with Crippen molar-refractivity contribution in [3.63, 3.8) is 0 Å². The van der Waals surface area contributed by atoms with E-state index >= 15 is 0 Å². The van der Waals surface area contributed by atoms with E-state index in [1.807, 2.05) is 30.3 Å². The zero-order chi connectivity index (χ0) is 26.2. The Morgan fingerprint density at radius 2 is 1.12 bits per heavy atom. The Kier molecular flexibility index (Phi) is 4.27. The normalized spacial score (nSPS) is 12.0. The number of furan rings is 1. The fourth-order valence-electron chi connectivity index (χ4n) is 6.19. The molecular weight excluding hydrogens is 492 g/mol. The molecule has 0 saturated heterocycles. The monoisotopic (exact) mass is 512 g/mol. The summed E-state index contributed by atoms with van der Waals surface area (Å²) < 4.78 is 8.52. The van der Waals surface area contributed by atoms with Crippen LogP contribution in [-0.2, 0) is 0 Å². The summed E-state index contributed by atoms with van der Waals surface area (Å²) in [6, 6.07) is 37.9. The molecule has 0 amide bonds. The summed E-state index contributed by atoms with van der Waals surface area (Å²) in [4.78, 5) is 14.6. The SMILES string of the molecule is c1ccc2c(c1)ccc1c2c2c3ccccc3ccc2n1-c1nc(-c2ccncc2)c2c(n1)oc1ccccc12. The molecule has 5 aromatic carbocycles. The molecule has 40 heavy (non-hydrogen) atoms. The summed E-state index contributed by atoms with van der Waals surface area (Å²) in [5.74, 6) is 0.573. The molecule has 0 saturated carbocycles. The Bertz CT molecular complexity index is 2340. The third-order valence-corrected chi connectivity index (χ3v) is 7.93. The fraction of sp³-hybridized carbons (Fsp3) is 0. The number of aromatic nitrogens is 4. The van der Waals surface area contributed by atoms with Gasteiger partial charge in [-0.2, -0.15) is 4.98 Å². The van der Waals surface area contributed by atoms with Crippen molar-refractivity contribution in [2.45, 2.75) is 0 Å². The van der Waals surface area contributed by atoms with E-state index in [4.69, 9.17) is 14.4 Å². The van der Waals surface area contributed by atoms with Gasteiger partial charge in [-0.05, 0) is 51.9 Å². The van der Waals surface area contributed by atoms with Gasteiger partial charge < -0.3 is 4.42 Å². The first-order valence-corrected chi connectivity index (χ1v) is 13.3. The average Bonchev–Trinajstić information content (AvgIpc) is 3.57. The van der Waals surface area contributed by atoms with Crippen LogP contribution in [0.1, 0.15) is 0 Å². The number of pyridine rings is 1. The van der Waals surface area contributed by atoms with Crippen LogP contribution in [0.3, 0.4) is 0 Å². The van der Waals surface area contributed by atoms with Crippen LogP contribution in [0.5, 0.6) is 0 Å². The van der Waals surface area contributed by atoms with Gasteiger partial charge >= 0.3 is 0 Å². The van der Waals surface area contributed by atoms with Gasteiger partial charge in [-0.25, -0.2) is 4.98 Å². The van der Waals surface area contributed by atoms with Gasteiger partial charge in [0.2, 0.25) is 11.7 Å². The quantitative estimate of drug-likeness (QED) is 0.232. The maximum Gasteiger partial charge on any atom is 0.238 e. The van der Waals surface area contributed by atoms with Crippen LogP contribution in [0.4, 0.5) is 0 Å². The van der Waals surface area contributed by atoms with Crippen LogP contribution in [0.25, 0.3) is 82.6 Å². The summed E-state index contributed by atoms with van der Waals surface area (Å²) in [5.41, 5.74) is 5.26. The minimum Gasteiger partial charge on any atom is -0.437 e. The Morgan fingerprint density at radius 3 is 1.80 bits per heavy atom. The molecule has 0 aliphatic heterocycles. The molecule has 4 heterocycles. The van der Waals surface area contributed by atoms with E-state index in [2.05, 4.69) is 88.4 Å². The lowest BCUT2D eigenvalue weighted by atomic mass is 10.00. The van der Waals surface area contributed by atoms with Gasteiger partial charge in [0, 0.05) is 34.1 Å². The molecule has 0 bridgehead atoms. The van der Waals surface area contributed by atoms with Crippen molar-refractivity contribution < 1.29 is 4.42 Å². The van der Waals surface area contributed by atoms with Crippen LogP contribution >= 0.6 is 0 Å². The van der Waals surface area contributed by atoms with E-state index in [0.717, 1.165) is 38.6 Å². The largest absolute Gasteiger partial charge is 0.437 e. The van der Waals surface area contributed by atoms with E-state index in [0.29, 0.717) is 11.7 Å². The molecule has 0 unspecified atom stereocenters. The summed E-state index contributed by atoms with van der Waals surface area (Å²) >= 11 is 0. The van der Waals surface area contributed by atoms with Crippen molar-refractivity contribution in [2.75, 3.05) is 0 Å². The summed E-state index contributed by atoms with van der Waals surface area (Å²) in [7, 11) is 0. The number of hydrogen-bond acceptors (Lipinski definition) is 4. The summed E-state index contributed by atoms with van der Waals surface area (Å²) in [6.07, 6.45) is 3.59. The zero-order valence-electron chi connectivity index (χ0n) is 21.2. The minimum atomic E-state index is 0.564. The van der Waals surface area contributed by atoms with Gasteiger partial charge in [0.05, 0.1) is 22.1 Å². The molecule has 4 aromatic heterocycles. The second kappa shape index (κ2) is 7.98. The number of benzene rings is 5. The number of para-hydroxylation sites is 1. The maximum absolute atomic E-state index is 6.34. The van der Waals surface area contributed by atoms with E-state index in [1.54, 1.807) is 12.4 Å². The highest BCUT2D eigenvalue weighted by Gasteiger charge is 2.22. The number of fused-ring (bicyclic) bond motifs is 10. The molecule has 0 radical (unpaired) electrons. The summed E-state index contributed by atoms with van der Waals surface area (Å²) in [5, 5.41) is 9.12. The van der Waals surface area contributed by atoms with Gasteiger partial charge in [0.1, 0.15) is 5.58 Å². The van der Waals surface area contributed by atoms with E-state index in [-0.39, 0.29) is 0 Å². The third kappa shape index (κ3) is 2.89. The van der Waals surface area contributed by atoms with Crippen LogP contribution in [0.2, 0.25) is 0 Å². The standard InChI is InChI=1S/C35H20N4O/c1-3-9-24-21(7-1)13-15-27-30(24)31-25-10-4-2-8-22(25)14-16-28(31)39(27)35-37-33(23-17-19-36-20-18-23)32-26-11-5-6-12-29(26)40-34(32)38-35/h1-20H. The topological polar surface area (TPSA) is 56.7 Å². The van der Waals surface area contributed by atoms with Crippen molar-refractivity contribution in [1.29, 1.82) is 0 Å². The molecule has 9 aromatic rings. The number of nitrogens with zero attached hydrogens (tertiary/aromatic N) is 4. The molecule has 0 aliphatic carbocycles. The van der Waals surface area contributed by atoms with Crippen LogP contribution in [-0.4, -0.2) is 19.5 Å². The number of rotatable bonds is 2. The molecule has 0 spiro atoms. The van der Waals surface area contributed by atoms with E-state index < -0.39 is 0 Å². The first-order chi connectivity index (χ1) is 19.8. The Balaban J connectivity index is 1.49. The maximum atomic E-state index is 6.34. The predicted molar refractivity (Wildman–Crippen MR) is 162 cm³/mol. The van der Waals surface area contributed by atoms with Crippen molar-refractivity contribution >= 4 is 65.4 Å². The lowest BCUT2D eigenvalue weighted by Crippen LogP contribution is -2.02. The van der Waals surface area contributed by atoms with Gasteiger partial charge in [-0.3, -0.25) is 9.55 Å². The second-order valence-corrected chi connectivity index (χ2v) is 10.1. The molecule has 0 atom stereocenters. The third-order valence-electron chi connectivity index (χ3n) is 7.93. The van der Waals surface area contributed by atoms with Crippen LogP contribution < -0.4 is 0 Å². The minimum absolute atomic E-state index is 0.564. The van der Waals surface area contributed by atoms with Crippen LogP contribution in [0, 0.1) is 0 Å². The smallest absolute Gasteiger partial charge is 0.238 e. The second-order valence-electron chi connectivity index (χ2n) is 10.1. The van der Waals surface area contributed by atoms with E-state index in [1.165, 1.54) is 32.3 Å². The molecule has 186 valence electrons. The molecule has 0 N–H and O–H groups in total. The predicted octanol–water partition coefficient (Wildman–Crippen LogP) is 8.84. The Labute approximate surface area is 228 Å². The van der Waals surface area contributed by atoms with Gasteiger partial charge in [-0.15, -0.1) is 0 Å². The van der Waals surface area contributed by atoms with Crippen molar-refractivity contribution in [2.24, 2.45) is 0 Å². The highest BCUT2D eigenvalue weighted by Crippen LogP contribution is 2.41. The Morgan fingerprint density at radius 1 is 0.525 bits per heavy atom. The highest BCUT2D eigenvalue weighted by molar-refractivity contribution is 6.28. The molecular formula is C35H20N4O. The molecule has 5 nitrogen and oxygen atoms in total. The first-order valence-electron chi connectivity index (χ1n) is 13.3. The molecule has 9 rings (SSSR count). The number of hydrogen-bond donors (Lipinski definition) is 0. The van der Waals surface area contributed by atoms with Crippen molar-refractivity contribution in [1.82, 2.24) is 19.5 Å². The lowest BCUT2D eigenvalue weighted by molar-refractivity contribution is 0.651. The van der Waals surface area contributed by atoms with Gasteiger partial charge in [0.15, 0.2) is 0 Å². The van der Waals surface area contributed by atoms with Gasteiger partial charge in [0.25, 0.3) is 0 Å². The average molecular weight is 513 g/mol. The fourth-order valence-corrected chi connectivity index (χ4v) is 6.19. The van der Waals surface area contributed by atoms with Crippen LogP contribution in [0.15, 0.2) is 126 Å². The zero-order valence-corrected chi connectivity index (χ0v) is 21.2.